The number of rotatable bonds is 1. The molecule has 5 aliphatic heterocycles. The average Bonchev–Trinajstić information content (AvgIpc) is 3.56. The summed E-state index contributed by atoms with van der Waals surface area (Å²) in [6.07, 6.45) is 3.64. The molecule has 2 aromatic carbocycles. The third-order valence-corrected chi connectivity index (χ3v) is 10.5. The fraction of sp³-hybridized carbons (Fsp3) is 0.472. The van der Waals surface area contributed by atoms with Gasteiger partial charge in [0.15, 0.2) is 23.0 Å². The number of piperazine rings is 1. The quantitative estimate of drug-likeness (QED) is 0.409. The number of carbonyl (C=O) groups excluding carboxylic acids is 2. The van der Waals surface area contributed by atoms with Crippen LogP contribution in [0.1, 0.15) is 52.4 Å². The van der Waals surface area contributed by atoms with Gasteiger partial charge in [0.1, 0.15) is 31.0 Å². The van der Waals surface area contributed by atoms with Gasteiger partial charge < -0.3 is 39.4 Å². The number of likely N-dealkylation sites (N-methyl/N-ethyl adjacent to an activating group) is 1. The Hall–Kier alpha value is -4.93. The highest BCUT2D eigenvalue weighted by molar-refractivity contribution is 5.85. The minimum absolute atomic E-state index is 0.0133. The van der Waals surface area contributed by atoms with Gasteiger partial charge in [-0.2, -0.15) is 5.26 Å². The maximum Gasteiger partial charge on any atom is 0.408 e. The van der Waals surface area contributed by atoms with Crippen LogP contribution in [0.25, 0.3) is 0 Å². The summed E-state index contributed by atoms with van der Waals surface area (Å²) in [6, 6.07) is 1.73. The number of phenolic OH excluding ortho intramolecular Hbond substituents is 1. The van der Waals surface area contributed by atoms with Crippen molar-refractivity contribution in [3.8, 4) is 34.8 Å². The molecule has 5 heterocycles. The molecule has 0 aliphatic carbocycles. The van der Waals surface area contributed by atoms with Crippen LogP contribution in [0.4, 0.5) is 4.79 Å². The fourth-order valence-corrected chi connectivity index (χ4v) is 8.41. The van der Waals surface area contributed by atoms with Crippen molar-refractivity contribution in [2.24, 2.45) is 0 Å². The lowest BCUT2D eigenvalue weighted by atomic mass is 9.71. The van der Waals surface area contributed by atoms with E-state index < -0.39 is 30.1 Å². The van der Waals surface area contributed by atoms with Gasteiger partial charge in [-0.1, -0.05) is 18.7 Å². The number of nitrogens with one attached hydrogen (secondary N) is 2. The molecular weight excluding hydrogens is 630 g/mol. The summed E-state index contributed by atoms with van der Waals surface area (Å²) in [5.41, 5.74) is 5.66. The van der Waals surface area contributed by atoms with E-state index in [2.05, 4.69) is 39.1 Å². The highest BCUT2D eigenvalue weighted by atomic mass is 16.7. The molecule has 13 nitrogen and oxygen atoms in total. The van der Waals surface area contributed by atoms with Crippen molar-refractivity contribution in [3.05, 3.63) is 63.8 Å². The van der Waals surface area contributed by atoms with E-state index in [0.29, 0.717) is 41.4 Å². The monoisotopic (exact) mass is 671 g/mol. The van der Waals surface area contributed by atoms with Gasteiger partial charge in [0.05, 0.1) is 25.3 Å². The van der Waals surface area contributed by atoms with E-state index in [4.69, 9.17) is 23.7 Å². The molecule has 5 aliphatic rings. The van der Waals surface area contributed by atoms with E-state index in [1.54, 1.807) is 26.2 Å². The molecule has 7 rings (SSSR count). The largest absolute Gasteiger partial charge is 0.504 e. The number of benzene rings is 2. The van der Waals surface area contributed by atoms with Crippen LogP contribution < -0.4 is 29.6 Å². The van der Waals surface area contributed by atoms with Gasteiger partial charge >= 0.3 is 6.09 Å². The molecule has 49 heavy (non-hydrogen) atoms. The number of cyclic esters (lactones) is 1. The summed E-state index contributed by atoms with van der Waals surface area (Å²) in [5.74, 6) is 1.84. The Morgan fingerprint density at radius 2 is 1.86 bits per heavy atom. The van der Waals surface area contributed by atoms with Crippen molar-refractivity contribution < 1.29 is 38.4 Å². The fourth-order valence-electron chi connectivity index (χ4n) is 8.41. The van der Waals surface area contributed by atoms with Crippen LogP contribution in [-0.4, -0.2) is 91.8 Å². The van der Waals surface area contributed by atoms with Crippen molar-refractivity contribution >= 4 is 12.0 Å². The molecule has 13 heteroatoms. The van der Waals surface area contributed by atoms with Gasteiger partial charge in [-0.3, -0.25) is 14.6 Å². The number of phenols is 1. The standard InChI is InChI=1S/C36H41N5O8/c1-17-8-7-9-46-36(44)39-20(4)35(43)38-14-26-28-22(32(47-15-17)19(3)33-34(28)49-16-48-33)12-24-29-27-21(10-18(2)31(45-6)30(27)42)11-23(40(29)5)25(13-37)41(24)26/h7-8,10,20,23-26,29,42H,1,9,11-12,14-16H2,2-6H3,(H,38,43)(H,39,44)/b8-7+/t20-,23-,24-,25-,26?,29-/m0/s1. The maximum absolute atomic E-state index is 13.5. The van der Waals surface area contributed by atoms with Gasteiger partial charge in [-0.25, -0.2) is 4.79 Å². The number of aryl methyl sites for hydroxylation is 1. The normalized spacial score (nSPS) is 28.8. The molecule has 6 bridgehead atoms. The van der Waals surface area contributed by atoms with Crippen LogP contribution in [0.3, 0.4) is 0 Å². The first-order valence-electron chi connectivity index (χ1n) is 16.5. The van der Waals surface area contributed by atoms with Crippen LogP contribution in [0.15, 0.2) is 30.4 Å². The summed E-state index contributed by atoms with van der Waals surface area (Å²) in [7, 11) is 3.55. The number of ether oxygens (including phenoxy) is 5. The molecule has 0 aromatic heterocycles. The topological polar surface area (TPSA) is 155 Å². The van der Waals surface area contributed by atoms with Crippen LogP contribution in [0.2, 0.25) is 0 Å². The van der Waals surface area contributed by atoms with E-state index in [1.807, 2.05) is 20.9 Å². The Kier molecular flexibility index (Phi) is 8.32. The predicted molar refractivity (Wildman–Crippen MR) is 177 cm³/mol. The lowest BCUT2D eigenvalue weighted by Gasteiger charge is -2.60. The van der Waals surface area contributed by atoms with Crippen LogP contribution in [0, 0.1) is 25.2 Å². The summed E-state index contributed by atoms with van der Waals surface area (Å²) in [4.78, 5) is 30.3. The Morgan fingerprint density at radius 3 is 2.61 bits per heavy atom. The second-order valence-electron chi connectivity index (χ2n) is 13.3. The first kappa shape index (κ1) is 32.6. The van der Waals surface area contributed by atoms with E-state index >= 15 is 0 Å². The van der Waals surface area contributed by atoms with Crippen molar-refractivity contribution in [1.82, 2.24) is 20.4 Å². The molecular formula is C36H41N5O8. The van der Waals surface area contributed by atoms with E-state index in [1.165, 1.54) is 0 Å². The number of alkyl carbamates (subject to hydrolysis) is 1. The third-order valence-electron chi connectivity index (χ3n) is 10.5. The zero-order chi connectivity index (χ0) is 34.7. The van der Waals surface area contributed by atoms with Crippen LogP contribution in [0.5, 0.6) is 28.7 Å². The van der Waals surface area contributed by atoms with Gasteiger partial charge in [-0.15, -0.1) is 0 Å². The molecule has 258 valence electrons. The molecule has 1 saturated heterocycles. The number of aromatic hydroxyl groups is 1. The van der Waals surface area contributed by atoms with Crippen molar-refractivity contribution in [2.45, 2.75) is 69.9 Å². The lowest BCUT2D eigenvalue weighted by Crippen LogP contribution is -2.69. The Bertz CT molecular complexity index is 1820. The second kappa shape index (κ2) is 12.5. The number of carbonyl (C=O) groups is 2. The predicted octanol–water partition coefficient (Wildman–Crippen LogP) is 3.25. The highest BCUT2D eigenvalue weighted by Crippen LogP contribution is 2.58. The first-order valence-corrected chi connectivity index (χ1v) is 16.5. The van der Waals surface area contributed by atoms with Gasteiger partial charge in [-0.05, 0) is 63.4 Å². The SMILES string of the molecule is C=C1/C=C/COC(=O)N[C@@H](C)C(=O)NCC2c3c(c(c(C)c4c3OCO4)OC1)C[C@H]1[C@H]3c4c(cc(C)c(OC)c4O)C[C@@H]([C@H](C#N)N21)N3C. The number of hydrogen-bond donors (Lipinski definition) is 3. The number of fused-ring (bicyclic) bond motifs is 8. The zero-order valence-corrected chi connectivity index (χ0v) is 28.3. The van der Waals surface area contributed by atoms with Gasteiger partial charge in [0, 0.05) is 40.9 Å². The number of hydrogen-bond acceptors (Lipinski definition) is 11. The van der Waals surface area contributed by atoms with Gasteiger partial charge in [0.2, 0.25) is 12.7 Å². The zero-order valence-electron chi connectivity index (χ0n) is 28.3. The molecule has 1 unspecified atom stereocenters. The summed E-state index contributed by atoms with van der Waals surface area (Å²) in [6.45, 7) is 9.78. The van der Waals surface area contributed by atoms with Crippen molar-refractivity contribution in [3.63, 3.8) is 0 Å². The molecule has 0 radical (unpaired) electrons. The molecule has 0 saturated carbocycles. The number of amides is 2. The summed E-state index contributed by atoms with van der Waals surface area (Å²) in [5, 5.41) is 28.3. The Morgan fingerprint density at radius 1 is 1.08 bits per heavy atom. The summed E-state index contributed by atoms with van der Waals surface area (Å²) >= 11 is 0. The Labute approximate surface area is 285 Å². The van der Waals surface area contributed by atoms with Crippen LogP contribution >= 0.6 is 0 Å². The van der Waals surface area contributed by atoms with E-state index in [9.17, 15) is 20.0 Å². The molecule has 2 amide bonds. The maximum atomic E-state index is 13.5. The first-order chi connectivity index (χ1) is 23.5. The van der Waals surface area contributed by atoms with E-state index in [0.717, 1.165) is 33.4 Å². The average molecular weight is 672 g/mol. The lowest BCUT2D eigenvalue weighted by molar-refractivity contribution is -0.123. The van der Waals surface area contributed by atoms with E-state index in [-0.39, 0.29) is 50.4 Å². The molecule has 6 atom stereocenters. The minimum atomic E-state index is -0.902. The highest BCUT2D eigenvalue weighted by Gasteiger charge is 2.56. The molecule has 1 fully saturated rings. The van der Waals surface area contributed by atoms with Crippen LogP contribution in [-0.2, 0) is 22.4 Å². The smallest absolute Gasteiger partial charge is 0.408 e. The summed E-state index contributed by atoms with van der Waals surface area (Å²) < 4.78 is 29.6. The molecule has 3 N–H and O–H groups in total. The number of nitriles is 1. The van der Waals surface area contributed by atoms with Gasteiger partial charge in [0.25, 0.3) is 0 Å². The minimum Gasteiger partial charge on any atom is -0.504 e. The molecule has 0 spiro atoms. The number of nitrogens with zero attached hydrogens (tertiary/aromatic N) is 3. The van der Waals surface area contributed by atoms with Crippen molar-refractivity contribution in [2.75, 3.05) is 40.7 Å². The number of methoxy groups -OCH3 is 1. The Balaban J connectivity index is 1.44. The molecule has 2 aromatic rings. The third kappa shape index (κ3) is 5.21. The van der Waals surface area contributed by atoms with Crippen molar-refractivity contribution in [1.29, 1.82) is 5.26 Å². The second-order valence-corrected chi connectivity index (χ2v) is 13.3.